The number of nitrogens with two attached hydrogens (primary N) is 1. The molecule has 3 rings (SSSR count). The van der Waals surface area contributed by atoms with Crippen LogP contribution >= 0.6 is 11.3 Å². The number of carbonyl (C=O) groups is 2. The summed E-state index contributed by atoms with van der Waals surface area (Å²) in [5.74, 6) is 0.493. The fraction of sp³-hybridized carbons (Fsp3) is 0.538. The summed E-state index contributed by atoms with van der Waals surface area (Å²) >= 11 is 1.29. The molecule has 2 aliphatic rings. The van der Waals surface area contributed by atoms with E-state index in [2.05, 4.69) is 0 Å². The van der Waals surface area contributed by atoms with Gasteiger partial charge in [-0.3, -0.25) is 9.59 Å². The van der Waals surface area contributed by atoms with Crippen LogP contribution in [0.1, 0.15) is 16.1 Å². The molecule has 1 atom stereocenters. The summed E-state index contributed by atoms with van der Waals surface area (Å²) in [6.45, 7) is 2.12. The van der Waals surface area contributed by atoms with E-state index in [1.54, 1.807) is 10.3 Å². The molecular weight excluding hydrogens is 296 g/mol. The Balaban J connectivity index is 1.82. The van der Waals surface area contributed by atoms with Crippen molar-refractivity contribution >= 4 is 23.2 Å². The molecule has 8 heteroatoms. The molecule has 114 valence electrons. The third kappa shape index (κ3) is 2.81. The second kappa shape index (κ2) is 5.90. The standard InChI is InChI=1S/C13H16N2O5S/c14-10(16)5-8-6-18-2-1-15(8)13(17)12-11-9(7-21-12)19-3-4-20-11/h7-8H,1-6H2,(H2,14,16)/t8-/m0/s1. The van der Waals surface area contributed by atoms with E-state index >= 15 is 0 Å². The predicted molar refractivity (Wildman–Crippen MR) is 74.8 cm³/mol. The molecule has 2 N–H and O–H groups in total. The lowest BCUT2D eigenvalue weighted by atomic mass is 10.1. The third-order valence-electron chi connectivity index (χ3n) is 3.42. The summed E-state index contributed by atoms with van der Waals surface area (Å²) in [5.41, 5.74) is 5.24. The zero-order valence-corrected chi connectivity index (χ0v) is 12.2. The van der Waals surface area contributed by atoms with Gasteiger partial charge in [-0.25, -0.2) is 0 Å². The second-order valence-electron chi connectivity index (χ2n) is 4.85. The average molecular weight is 312 g/mol. The Labute approximate surface area is 125 Å². The number of nitrogens with zero attached hydrogens (tertiary/aromatic N) is 1. The van der Waals surface area contributed by atoms with E-state index in [9.17, 15) is 9.59 Å². The van der Waals surface area contributed by atoms with Crippen molar-refractivity contribution in [2.24, 2.45) is 5.73 Å². The minimum atomic E-state index is -0.448. The van der Waals surface area contributed by atoms with Crippen molar-refractivity contribution in [1.82, 2.24) is 4.90 Å². The predicted octanol–water partition coefficient (Wildman–Crippen LogP) is 0.236. The number of amides is 2. The topological polar surface area (TPSA) is 91.1 Å². The van der Waals surface area contributed by atoms with Gasteiger partial charge < -0.3 is 24.8 Å². The zero-order valence-electron chi connectivity index (χ0n) is 11.4. The van der Waals surface area contributed by atoms with Crippen LogP contribution in [-0.2, 0) is 9.53 Å². The van der Waals surface area contributed by atoms with Crippen molar-refractivity contribution in [3.63, 3.8) is 0 Å². The van der Waals surface area contributed by atoms with Crippen LogP contribution in [0.4, 0.5) is 0 Å². The lowest BCUT2D eigenvalue weighted by molar-refractivity contribution is -0.120. The Morgan fingerprint density at radius 1 is 1.33 bits per heavy atom. The zero-order chi connectivity index (χ0) is 14.8. The van der Waals surface area contributed by atoms with Crippen LogP contribution in [0.25, 0.3) is 0 Å². The van der Waals surface area contributed by atoms with Crippen LogP contribution in [0.5, 0.6) is 11.5 Å². The van der Waals surface area contributed by atoms with E-state index in [1.807, 2.05) is 0 Å². The molecule has 1 saturated heterocycles. The molecule has 0 aromatic carbocycles. The lowest BCUT2D eigenvalue weighted by Crippen LogP contribution is -2.50. The van der Waals surface area contributed by atoms with E-state index in [-0.39, 0.29) is 18.4 Å². The summed E-state index contributed by atoms with van der Waals surface area (Å²) in [4.78, 5) is 26.0. The van der Waals surface area contributed by atoms with Gasteiger partial charge in [0.05, 0.1) is 19.3 Å². The molecule has 3 heterocycles. The second-order valence-corrected chi connectivity index (χ2v) is 5.73. The lowest BCUT2D eigenvalue weighted by Gasteiger charge is -2.35. The summed E-state index contributed by atoms with van der Waals surface area (Å²) in [6, 6.07) is -0.328. The smallest absolute Gasteiger partial charge is 0.268 e. The van der Waals surface area contributed by atoms with Crippen molar-refractivity contribution in [3.05, 3.63) is 10.3 Å². The fourth-order valence-corrected chi connectivity index (χ4v) is 3.35. The molecule has 0 aliphatic carbocycles. The SMILES string of the molecule is NC(=O)C[C@H]1COCCN1C(=O)c1scc2c1OCCO2. The number of fused-ring (bicyclic) bond motifs is 1. The van der Waals surface area contributed by atoms with E-state index in [0.717, 1.165) is 0 Å². The maximum absolute atomic E-state index is 12.7. The van der Waals surface area contributed by atoms with Crippen LogP contribution in [0.3, 0.4) is 0 Å². The number of carbonyl (C=O) groups excluding carboxylic acids is 2. The quantitative estimate of drug-likeness (QED) is 0.863. The molecule has 0 radical (unpaired) electrons. The maximum atomic E-state index is 12.7. The van der Waals surface area contributed by atoms with Gasteiger partial charge >= 0.3 is 0 Å². The minimum absolute atomic E-state index is 0.0939. The molecule has 1 fully saturated rings. The van der Waals surface area contributed by atoms with E-state index in [0.29, 0.717) is 49.3 Å². The number of primary amides is 1. The van der Waals surface area contributed by atoms with Gasteiger partial charge in [0.1, 0.15) is 18.1 Å². The number of hydrogen-bond acceptors (Lipinski definition) is 6. The molecule has 0 spiro atoms. The fourth-order valence-electron chi connectivity index (χ4n) is 2.46. The van der Waals surface area contributed by atoms with Gasteiger partial charge in [-0.15, -0.1) is 11.3 Å². The molecule has 0 bridgehead atoms. The van der Waals surface area contributed by atoms with Crippen LogP contribution < -0.4 is 15.2 Å². The van der Waals surface area contributed by atoms with Crippen molar-refractivity contribution < 1.29 is 23.8 Å². The van der Waals surface area contributed by atoms with Gasteiger partial charge in [-0.2, -0.15) is 0 Å². The molecule has 7 nitrogen and oxygen atoms in total. The van der Waals surface area contributed by atoms with Crippen LogP contribution in [0.2, 0.25) is 0 Å². The molecule has 2 aliphatic heterocycles. The minimum Gasteiger partial charge on any atom is -0.485 e. The first-order chi connectivity index (χ1) is 10.2. The number of ether oxygens (including phenoxy) is 3. The Hall–Kier alpha value is -1.80. The summed E-state index contributed by atoms with van der Waals surface area (Å²) in [6.07, 6.45) is 0.0939. The van der Waals surface area contributed by atoms with E-state index in [4.69, 9.17) is 19.9 Å². The highest BCUT2D eigenvalue weighted by Crippen LogP contribution is 2.40. The van der Waals surface area contributed by atoms with Gasteiger partial charge in [0.15, 0.2) is 11.5 Å². The Morgan fingerprint density at radius 2 is 2.14 bits per heavy atom. The maximum Gasteiger partial charge on any atom is 0.268 e. The van der Waals surface area contributed by atoms with Crippen molar-refractivity contribution in [3.8, 4) is 11.5 Å². The largest absolute Gasteiger partial charge is 0.485 e. The normalized spacial score (nSPS) is 21.1. The van der Waals surface area contributed by atoms with E-state index < -0.39 is 5.91 Å². The molecule has 0 saturated carbocycles. The number of rotatable bonds is 3. The van der Waals surface area contributed by atoms with Crippen LogP contribution in [0.15, 0.2) is 5.38 Å². The Bertz CT molecular complexity index is 559. The number of hydrogen-bond donors (Lipinski definition) is 1. The van der Waals surface area contributed by atoms with Crippen LogP contribution in [-0.4, -0.2) is 55.7 Å². The van der Waals surface area contributed by atoms with Gasteiger partial charge in [-0.05, 0) is 0 Å². The molecule has 0 unspecified atom stereocenters. The Morgan fingerprint density at radius 3 is 2.95 bits per heavy atom. The number of thiophene rings is 1. The number of morpholine rings is 1. The first-order valence-corrected chi connectivity index (χ1v) is 7.59. The van der Waals surface area contributed by atoms with Gasteiger partial charge in [0.25, 0.3) is 5.91 Å². The highest BCUT2D eigenvalue weighted by Gasteiger charge is 2.33. The summed E-state index contributed by atoms with van der Waals surface area (Å²) in [7, 11) is 0. The highest BCUT2D eigenvalue weighted by atomic mass is 32.1. The van der Waals surface area contributed by atoms with Gasteiger partial charge in [0, 0.05) is 18.3 Å². The molecule has 21 heavy (non-hydrogen) atoms. The van der Waals surface area contributed by atoms with Crippen molar-refractivity contribution in [2.45, 2.75) is 12.5 Å². The van der Waals surface area contributed by atoms with Gasteiger partial charge in [0.2, 0.25) is 5.91 Å². The Kier molecular flexibility index (Phi) is 3.98. The first-order valence-electron chi connectivity index (χ1n) is 6.71. The summed E-state index contributed by atoms with van der Waals surface area (Å²) in [5, 5.41) is 1.77. The van der Waals surface area contributed by atoms with Crippen molar-refractivity contribution in [2.75, 3.05) is 33.0 Å². The van der Waals surface area contributed by atoms with Crippen LogP contribution in [0, 0.1) is 0 Å². The first kappa shape index (κ1) is 14.2. The summed E-state index contributed by atoms with van der Waals surface area (Å²) < 4.78 is 16.3. The van der Waals surface area contributed by atoms with Crippen molar-refractivity contribution in [1.29, 1.82) is 0 Å². The van der Waals surface area contributed by atoms with E-state index in [1.165, 1.54) is 11.3 Å². The van der Waals surface area contributed by atoms with Gasteiger partial charge in [-0.1, -0.05) is 0 Å². The monoisotopic (exact) mass is 312 g/mol. The molecule has 1 aromatic heterocycles. The molecular formula is C13H16N2O5S. The molecule has 1 aromatic rings. The average Bonchev–Trinajstić information content (AvgIpc) is 2.90. The third-order valence-corrected chi connectivity index (χ3v) is 4.35. The highest BCUT2D eigenvalue weighted by molar-refractivity contribution is 7.12. The molecule has 2 amide bonds.